The summed E-state index contributed by atoms with van der Waals surface area (Å²) < 4.78 is 114. The number of nitrogens with one attached hydrogen (secondary N) is 6. The molecule has 10 aliphatic heterocycles. The van der Waals surface area contributed by atoms with Crippen LogP contribution in [-0.4, -0.2) is 541 Å². The Labute approximate surface area is 731 Å². The number of hydrogen-bond donors (Lipinski definition) is 32. The molecule has 10 saturated heterocycles. The van der Waals surface area contributed by atoms with E-state index in [0.717, 1.165) is 41.5 Å². The quantitative estimate of drug-likeness (QED) is 0.0284. The molecular weight excluding hydrogens is 1760 g/mol. The first kappa shape index (κ1) is 106. The van der Waals surface area contributed by atoms with Gasteiger partial charge in [0, 0.05) is 41.5 Å². The molecule has 10 heterocycles. The van der Waals surface area contributed by atoms with E-state index in [1.165, 1.54) is 0 Å². The number of aliphatic hydroxyl groups is 26. The summed E-state index contributed by atoms with van der Waals surface area (Å²) in [7, 11) is 0. The first-order chi connectivity index (χ1) is 61.0. The van der Waals surface area contributed by atoms with Gasteiger partial charge in [-0.15, -0.1) is 0 Å². The van der Waals surface area contributed by atoms with E-state index >= 15 is 0 Å². The van der Waals surface area contributed by atoms with Gasteiger partial charge in [0.25, 0.3) is 0 Å². The van der Waals surface area contributed by atoms with Crippen LogP contribution in [0.3, 0.4) is 0 Å². The van der Waals surface area contributed by atoms with E-state index in [9.17, 15) is 162 Å². The van der Waals surface area contributed by atoms with Gasteiger partial charge >= 0.3 is 0 Å². The lowest BCUT2D eigenvalue weighted by Crippen LogP contribution is -2.71. The molecule has 0 saturated carbocycles. The maximum absolute atomic E-state index is 13.3. The standard InChI is InChI=1S/C72H120N6O51/c1-17(88)73-33-46(101)55(28(12-84)112-63(33)110)122-65-35(75-19(3)90)49(104)58(31(15-87)118-65)125-70-54(109)60(44(99)32(121-70)16-111-71-61(51(106)41(96)25(9-81)116-71)128-66-36(76-20(4)91)47(102)56(29(13-85)119-66)123-64-34(74-18(2)89)45(100)39(94)23(7-79)113-64)127-72-62(52(107)42(97)26(10-82)117-72)129-67-37(77-21(5)92)48(103)57(30(14-86)120-67)124-68-38(78-22(6)93)59(43(98)27(11-83)114-68)126-69-53(108)50(105)40(95)24(8-80)115-69/h23-72,79-87,94-110H,7-16H2,1-6H3,(H,73,88)(H,74,89)(H,75,90)(H,76,91)(H,77,92)(H,78,93)/t23-,24-,25-,26-,27-,28-,29-,30-,31-,32-,33-,34-,35-,36-,37-,38-,39+,40+,41-,42-,43+,44-,45-,46-,47-,48-,49-,50+,51+,52+,53-,54+,55-,56-,57-,58-,59-,60+,61+,62+,63-,64+,65+,66+,67+,68+,69+,70+,71+,72-/m1/s1. The molecule has 0 spiro atoms. The lowest BCUT2D eigenvalue weighted by atomic mass is 9.93. The molecule has 57 nitrogen and oxygen atoms in total. The topological polar surface area (TPSA) is 876 Å². The van der Waals surface area contributed by atoms with Crippen molar-refractivity contribution in [2.45, 2.75) is 348 Å². The lowest BCUT2D eigenvalue weighted by molar-refractivity contribution is -0.398. The van der Waals surface area contributed by atoms with Gasteiger partial charge in [-0.2, -0.15) is 0 Å². The molecule has 32 N–H and O–H groups in total. The Morgan fingerprint density at radius 3 is 0.829 bits per heavy atom. The smallest absolute Gasteiger partial charge is 0.217 e. The molecule has 744 valence electrons. The molecule has 10 fully saturated rings. The van der Waals surface area contributed by atoms with Crippen molar-refractivity contribution in [3.63, 3.8) is 0 Å². The summed E-state index contributed by atoms with van der Waals surface area (Å²) in [5.41, 5.74) is 0. The maximum Gasteiger partial charge on any atom is 0.217 e. The van der Waals surface area contributed by atoms with E-state index < -0.39 is 408 Å². The number of carbonyl (C=O) groups is 6. The second kappa shape index (κ2) is 46.7. The van der Waals surface area contributed by atoms with Gasteiger partial charge in [-0.05, 0) is 0 Å². The summed E-state index contributed by atoms with van der Waals surface area (Å²) in [6.45, 7) is -5.55. The zero-order chi connectivity index (χ0) is 95.1. The van der Waals surface area contributed by atoms with Crippen molar-refractivity contribution in [1.82, 2.24) is 31.9 Å². The fourth-order valence-electron chi connectivity index (χ4n) is 16.7. The van der Waals surface area contributed by atoms with Gasteiger partial charge < -0.3 is 255 Å². The van der Waals surface area contributed by atoms with E-state index in [2.05, 4.69) is 31.9 Å². The highest BCUT2D eigenvalue weighted by atomic mass is 16.8. The molecule has 50 atom stereocenters. The Morgan fingerprint density at radius 1 is 0.202 bits per heavy atom. The van der Waals surface area contributed by atoms with Crippen LogP contribution in [0.4, 0.5) is 0 Å². The number of amides is 6. The maximum atomic E-state index is 13.3. The number of hydrogen-bond acceptors (Lipinski definition) is 51. The third-order valence-electron chi connectivity index (χ3n) is 23.3. The van der Waals surface area contributed by atoms with Crippen molar-refractivity contribution >= 4 is 35.4 Å². The Balaban J connectivity index is 0.984. The van der Waals surface area contributed by atoms with E-state index in [1.54, 1.807) is 0 Å². The summed E-state index contributed by atoms with van der Waals surface area (Å²) in [5.74, 6) is -5.49. The average molecular weight is 1890 g/mol. The summed E-state index contributed by atoms with van der Waals surface area (Å²) in [5, 5.41) is 307. The minimum absolute atomic E-state index is 0.806. The average Bonchev–Trinajstić information content (AvgIpc) is 0.766. The first-order valence-corrected chi connectivity index (χ1v) is 41.1. The molecule has 0 unspecified atom stereocenters. The van der Waals surface area contributed by atoms with E-state index in [4.69, 9.17) is 90.0 Å². The molecule has 129 heavy (non-hydrogen) atoms. The largest absolute Gasteiger partial charge is 0.394 e. The number of ether oxygens (including phenoxy) is 19. The molecule has 0 radical (unpaired) electrons. The van der Waals surface area contributed by atoms with E-state index in [0.29, 0.717) is 0 Å². The Hall–Kier alpha value is -4.98. The Kier molecular flexibility index (Phi) is 38.4. The lowest BCUT2D eigenvalue weighted by Gasteiger charge is -2.51. The summed E-state index contributed by atoms with van der Waals surface area (Å²) in [6, 6.07) is -11.2. The van der Waals surface area contributed by atoms with Crippen LogP contribution in [0.25, 0.3) is 0 Å². The van der Waals surface area contributed by atoms with Crippen LogP contribution in [0, 0.1) is 0 Å². The number of aliphatic hydroxyl groups excluding tert-OH is 26. The van der Waals surface area contributed by atoms with Crippen LogP contribution in [0.1, 0.15) is 41.5 Å². The monoisotopic (exact) mass is 1880 g/mol. The molecule has 0 aromatic rings. The number of rotatable bonds is 34. The highest BCUT2D eigenvalue weighted by Gasteiger charge is 2.62. The minimum atomic E-state index is -2.64. The molecule has 6 amide bonds. The van der Waals surface area contributed by atoms with E-state index in [-0.39, 0.29) is 0 Å². The van der Waals surface area contributed by atoms with Crippen LogP contribution in [0.5, 0.6) is 0 Å². The van der Waals surface area contributed by atoms with Gasteiger partial charge in [0.15, 0.2) is 62.9 Å². The van der Waals surface area contributed by atoms with Crippen LogP contribution < -0.4 is 31.9 Å². The Bertz CT molecular complexity index is 3570. The van der Waals surface area contributed by atoms with Crippen LogP contribution in [0.2, 0.25) is 0 Å². The van der Waals surface area contributed by atoms with Crippen LogP contribution in [-0.2, 0) is 119 Å². The fraction of sp³-hybridized carbons (Fsp3) is 0.917. The molecule has 0 aromatic carbocycles. The molecule has 10 rings (SSSR count). The van der Waals surface area contributed by atoms with Crippen molar-refractivity contribution in [2.75, 3.05) is 66.1 Å². The van der Waals surface area contributed by atoms with Gasteiger partial charge in [0.2, 0.25) is 35.4 Å². The van der Waals surface area contributed by atoms with Gasteiger partial charge in [-0.1, -0.05) is 0 Å². The summed E-state index contributed by atoms with van der Waals surface area (Å²) >= 11 is 0. The fourth-order valence-corrected chi connectivity index (χ4v) is 16.7. The number of carbonyl (C=O) groups excluding carboxylic acids is 6. The first-order valence-electron chi connectivity index (χ1n) is 41.1. The highest BCUT2D eigenvalue weighted by Crippen LogP contribution is 2.41. The van der Waals surface area contributed by atoms with E-state index in [1.807, 2.05) is 0 Å². The Morgan fingerprint density at radius 2 is 0.442 bits per heavy atom. The van der Waals surface area contributed by atoms with Crippen molar-refractivity contribution in [3.05, 3.63) is 0 Å². The minimum Gasteiger partial charge on any atom is -0.394 e. The molecule has 0 bridgehead atoms. The third-order valence-corrected chi connectivity index (χ3v) is 23.3. The van der Waals surface area contributed by atoms with Gasteiger partial charge in [-0.3, -0.25) is 28.8 Å². The summed E-state index contributed by atoms with van der Waals surface area (Å²) in [4.78, 5) is 77.0. The SMILES string of the molecule is CC(=O)N[C@@H]1[C@@H](O)[C@H](O[C@@H]2O[C@H](CO)[C@@H](O[C@@H]3O[C@H](CO[C@H]4O[C@H](CO)[C@@H](O)[C@H](O)[C@@H]4O[C@@H]4O[C@H](CO)[C@@H](O[C@@H]5O[C@H](CO)[C@H](O)[C@H](O)[C@H]5NC(C)=O)[C@H](O)[C@H]4NC(C)=O)[C@@H](O)[C@H](O[C@H]4O[C@H](CO)[C@@H](O)[C@H](O)[C@@H]4O[C@@H]4O[C@H](CO)[C@@H](O[C@@H]5O[C@H](CO)[C@H](O)[C@H](O[C@@H]6O[C@H](CO)[C@H](O)[C@H](O)[C@H]6O)[C@H]5NC(C)=O)[C@H](O)[C@H]4NC(C)=O)[C@@H]3O)[C@H](O)[C@H]2NC(C)=O)[C@@H](CO)O[C@H]1O. The van der Waals surface area contributed by atoms with Crippen LogP contribution >= 0.6 is 0 Å². The summed E-state index contributed by atoms with van der Waals surface area (Å²) in [6.07, 6.45) is -92.8. The van der Waals surface area contributed by atoms with Crippen molar-refractivity contribution in [2.24, 2.45) is 0 Å². The van der Waals surface area contributed by atoms with Gasteiger partial charge in [0.05, 0.1) is 66.1 Å². The van der Waals surface area contributed by atoms with Crippen molar-refractivity contribution < 1.29 is 252 Å². The van der Waals surface area contributed by atoms with Gasteiger partial charge in [0.1, 0.15) is 244 Å². The van der Waals surface area contributed by atoms with Crippen molar-refractivity contribution in [1.29, 1.82) is 0 Å². The molecule has 57 heteroatoms. The second-order valence-corrected chi connectivity index (χ2v) is 32.4. The van der Waals surface area contributed by atoms with Crippen LogP contribution in [0.15, 0.2) is 0 Å². The zero-order valence-corrected chi connectivity index (χ0v) is 69.8. The molecular formula is C72H120N6O51. The van der Waals surface area contributed by atoms with Crippen molar-refractivity contribution in [3.8, 4) is 0 Å². The molecule has 0 aliphatic carbocycles. The second-order valence-electron chi connectivity index (χ2n) is 32.4. The predicted molar refractivity (Wildman–Crippen MR) is 399 cm³/mol. The molecule has 10 aliphatic rings. The van der Waals surface area contributed by atoms with Gasteiger partial charge in [-0.25, -0.2) is 0 Å². The highest BCUT2D eigenvalue weighted by molar-refractivity contribution is 5.75. The normalized spacial score (nSPS) is 47.5. The zero-order valence-electron chi connectivity index (χ0n) is 69.8. The molecule has 0 aromatic heterocycles. The predicted octanol–water partition coefficient (Wildman–Crippen LogP) is -21.9. The third kappa shape index (κ3) is 24.0.